The van der Waals surface area contributed by atoms with Crippen LogP contribution in [0.4, 0.5) is 5.13 Å². The van der Waals surface area contributed by atoms with Crippen molar-refractivity contribution in [2.45, 2.75) is 18.9 Å². The Morgan fingerprint density at radius 2 is 2.21 bits per heavy atom. The first-order chi connectivity index (χ1) is 14.1. The third-order valence-electron chi connectivity index (χ3n) is 4.54. The summed E-state index contributed by atoms with van der Waals surface area (Å²) in [5.41, 5.74) is 1.19. The van der Waals surface area contributed by atoms with Gasteiger partial charge in [-0.25, -0.2) is 9.97 Å². The zero-order valence-electron chi connectivity index (χ0n) is 16.2. The standard InChI is InChI=1S/C19H20N6O3S/c1-24(18(26)15-4-3-7-25(15)12-21)19-23-14(11-29-19)17-16(28-9-8-27-2)6-5-13(10-20)22-17/h5-6,11,15H,3-4,7-9H2,1-2H3. The quantitative estimate of drug-likeness (QED) is 0.501. The number of rotatable bonds is 7. The lowest BCUT2D eigenvalue weighted by Gasteiger charge is -2.22. The Hall–Kier alpha value is -3.21. The molecule has 2 aromatic heterocycles. The fourth-order valence-corrected chi connectivity index (χ4v) is 3.81. The number of methoxy groups -OCH3 is 1. The Labute approximate surface area is 172 Å². The molecule has 0 aromatic carbocycles. The number of amides is 1. The summed E-state index contributed by atoms with van der Waals surface area (Å²) in [4.78, 5) is 24.6. The number of thiazole rings is 1. The molecule has 9 nitrogen and oxygen atoms in total. The Morgan fingerprint density at radius 3 is 2.93 bits per heavy atom. The summed E-state index contributed by atoms with van der Waals surface area (Å²) < 4.78 is 10.7. The average Bonchev–Trinajstić information content (AvgIpc) is 3.42. The third kappa shape index (κ3) is 4.45. The van der Waals surface area contributed by atoms with Crippen molar-refractivity contribution in [1.82, 2.24) is 14.9 Å². The van der Waals surface area contributed by atoms with Gasteiger partial charge in [0.1, 0.15) is 41.5 Å². The van der Waals surface area contributed by atoms with Gasteiger partial charge in [-0.05, 0) is 25.0 Å². The molecule has 2 aromatic rings. The van der Waals surface area contributed by atoms with Crippen molar-refractivity contribution in [3.8, 4) is 29.4 Å². The molecule has 10 heteroatoms. The van der Waals surface area contributed by atoms with Gasteiger partial charge < -0.3 is 9.47 Å². The fraction of sp³-hybridized carbons (Fsp3) is 0.421. The van der Waals surface area contributed by atoms with Gasteiger partial charge in [-0.2, -0.15) is 10.5 Å². The van der Waals surface area contributed by atoms with Gasteiger partial charge >= 0.3 is 0 Å². The largest absolute Gasteiger partial charge is 0.489 e. The molecule has 1 atom stereocenters. The highest BCUT2D eigenvalue weighted by Gasteiger charge is 2.33. The molecule has 29 heavy (non-hydrogen) atoms. The molecule has 0 saturated carbocycles. The van der Waals surface area contributed by atoms with E-state index in [1.807, 2.05) is 6.07 Å². The number of nitriles is 2. The second-order valence-electron chi connectivity index (χ2n) is 6.36. The van der Waals surface area contributed by atoms with E-state index in [0.717, 1.165) is 6.42 Å². The van der Waals surface area contributed by atoms with Crippen molar-refractivity contribution in [1.29, 1.82) is 10.5 Å². The molecule has 1 aliphatic rings. The van der Waals surface area contributed by atoms with E-state index >= 15 is 0 Å². The minimum atomic E-state index is -0.453. The van der Waals surface area contributed by atoms with Crippen molar-refractivity contribution in [3.63, 3.8) is 0 Å². The number of hydrogen-bond donors (Lipinski definition) is 0. The van der Waals surface area contributed by atoms with E-state index in [9.17, 15) is 15.3 Å². The van der Waals surface area contributed by atoms with Gasteiger partial charge in [0.25, 0.3) is 5.91 Å². The zero-order chi connectivity index (χ0) is 20.8. The van der Waals surface area contributed by atoms with Crippen molar-refractivity contribution in [2.24, 2.45) is 0 Å². The van der Waals surface area contributed by atoms with Crippen molar-refractivity contribution in [3.05, 3.63) is 23.2 Å². The van der Waals surface area contributed by atoms with Crippen LogP contribution in [-0.4, -0.2) is 60.7 Å². The van der Waals surface area contributed by atoms with E-state index < -0.39 is 6.04 Å². The van der Waals surface area contributed by atoms with E-state index in [4.69, 9.17) is 9.47 Å². The fourth-order valence-electron chi connectivity index (χ4n) is 3.03. The van der Waals surface area contributed by atoms with E-state index in [0.29, 0.717) is 48.4 Å². The number of carbonyl (C=O) groups is 1. The summed E-state index contributed by atoms with van der Waals surface area (Å²) in [6.07, 6.45) is 3.54. The summed E-state index contributed by atoms with van der Waals surface area (Å²) >= 11 is 1.29. The Morgan fingerprint density at radius 1 is 1.38 bits per heavy atom. The number of aromatic nitrogens is 2. The molecule has 0 aliphatic carbocycles. The number of ether oxygens (including phenoxy) is 2. The van der Waals surface area contributed by atoms with Gasteiger partial charge in [-0.1, -0.05) is 0 Å². The number of likely N-dealkylation sites (N-methyl/N-ethyl adjacent to an activating group) is 1. The molecule has 1 amide bonds. The maximum Gasteiger partial charge on any atom is 0.251 e. The van der Waals surface area contributed by atoms with E-state index in [1.165, 1.54) is 21.1 Å². The summed E-state index contributed by atoms with van der Waals surface area (Å²) in [6.45, 7) is 1.34. The van der Waals surface area contributed by atoms with Gasteiger partial charge in [0.15, 0.2) is 11.3 Å². The van der Waals surface area contributed by atoms with Gasteiger partial charge in [0.05, 0.1) is 6.61 Å². The predicted molar refractivity (Wildman–Crippen MR) is 106 cm³/mol. The molecule has 1 fully saturated rings. The molecule has 0 bridgehead atoms. The lowest BCUT2D eigenvalue weighted by molar-refractivity contribution is -0.121. The lowest BCUT2D eigenvalue weighted by Crippen LogP contribution is -2.42. The van der Waals surface area contributed by atoms with Crippen LogP contribution in [0.5, 0.6) is 5.75 Å². The predicted octanol–water partition coefficient (Wildman–Crippen LogP) is 2.01. The van der Waals surface area contributed by atoms with Gasteiger partial charge in [0, 0.05) is 26.1 Å². The van der Waals surface area contributed by atoms with Crippen molar-refractivity contribution < 1.29 is 14.3 Å². The third-order valence-corrected chi connectivity index (χ3v) is 5.45. The van der Waals surface area contributed by atoms with E-state index in [1.54, 1.807) is 31.7 Å². The molecule has 3 rings (SSSR count). The highest BCUT2D eigenvalue weighted by atomic mass is 32.1. The van der Waals surface area contributed by atoms with Crippen LogP contribution < -0.4 is 9.64 Å². The van der Waals surface area contributed by atoms with Crippen LogP contribution in [0.15, 0.2) is 17.5 Å². The maximum absolute atomic E-state index is 12.8. The molecular weight excluding hydrogens is 392 g/mol. The highest BCUT2D eigenvalue weighted by molar-refractivity contribution is 7.14. The maximum atomic E-state index is 12.8. The van der Waals surface area contributed by atoms with Crippen LogP contribution in [0.25, 0.3) is 11.4 Å². The van der Waals surface area contributed by atoms with Crippen molar-refractivity contribution in [2.75, 3.05) is 38.8 Å². The van der Waals surface area contributed by atoms with Crippen LogP contribution in [-0.2, 0) is 9.53 Å². The number of likely N-dealkylation sites (tertiary alicyclic amines) is 1. The summed E-state index contributed by atoms with van der Waals surface area (Å²) in [5.74, 6) is 0.318. The van der Waals surface area contributed by atoms with Crippen LogP contribution in [0.1, 0.15) is 18.5 Å². The summed E-state index contributed by atoms with van der Waals surface area (Å²) in [5, 5.41) is 20.6. The SMILES string of the molecule is COCCOc1ccc(C#N)nc1-c1csc(N(C)C(=O)C2CCCN2C#N)n1. The molecule has 0 radical (unpaired) electrons. The Balaban J connectivity index is 1.84. The van der Waals surface area contributed by atoms with Crippen LogP contribution in [0.3, 0.4) is 0 Å². The van der Waals surface area contributed by atoms with Gasteiger partial charge in [-0.15, -0.1) is 11.3 Å². The summed E-state index contributed by atoms with van der Waals surface area (Å²) in [7, 11) is 3.23. The topological polar surface area (TPSA) is 115 Å². The van der Waals surface area contributed by atoms with E-state index in [-0.39, 0.29) is 11.6 Å². The Kier molecular flexibility index (Phi) is 6.60. The number of hydrogen-bond acceptors (Lipinski definition) is 9. The number of nitrogens with zero attached hydrogens (tertiary/aromatic N) is 6. The molecule has 0 spiro atoms. The molecule has 1 saturated heterocycles. The number of anilines is 1. The molecule has 3 heterocycles. The molecule has 150 valence electrons. The average molecular weight is 412 g/mol. The molecule has 0 N–H and O–H groups in total. The first kappa shape index (κ1) is 20.5. The molecule has 1 unspecified atom stereocenters. The molecule has 1 aliphatic heterocycles. The second kappa shape index (κ2) is 9.32. The number of carbonyl (C=O) groups excluding carboxylic acids is 1. The van der Waals surface area contributed by atoms with E-state index in [2.05, 4.69) is 16.2 Å². The Bertz CT molecular complexity index is 964. The highest BCUT2D eigenvalue weighted by Crippen LogP contribution is 2.33. The van der Waals surface area contributed by atoms with Crippen molar-refractivity contribution >= 4 is 22.4 Å². The minimum absolute atomic E-state index is 0.166. The minimum Gasteiger partial charge on any atom is -0.489 e. The second-order valence-corrected chi connectivity index (χ2v) is 7.20. The normalized spacial score (nSPS) is 15.6. The van der Waals surface area contributed by atoms with Crippen LogP contribution in [0.2, 0.25) is 0 Å². The first-order valence-corrected chi connectivity index (χ1v) is 9.89. The zero-order valence-corrected chi connectivity index (χ0v) is 17.0. The van der Waals surface area contributed by atoms with Crippen LogP contribution >= 0.6 is 11.3 Å². The van der Waals surface area contributed by atoms with Gasteiger partial charge in [0.2, 0.25) is 0 Å². The molecular formula is C19H20N6O3S. The summed E-state index contributed by atoms with van der Waals surface area (Å²) in [6, 6.07) is 4.81. The smallest absolute Gasteiger partial charge is 0.251 e. The van der Waals surface area contributed by atoms with Crippen LogP contribution in [0, 0.1) is 22.8 Å². The van der Waals surface area contributed by atoms with Gasteiger partial charge in [-0.3, -0.25) is 14.6 Å². The first-order valence-electron chi connectivity index (χ1n) is 9.01. The monoisotopic (exact) mass is 412 g/mol. The lowest BCUT2D eigenvalue weighted by atomic mass is 10.2. The number of pyridine rings is 1.